The second-order valence-corrected chi connectivity index (χ2v) is 24.8. The van der Waals surface area contributed by atoms with E-state index in [9.17, 15) is 45.0 Å². The number of aliphatic hydroxyl groups excluding tert-OH is 6. The highest BCUT2D eigenvalue weighted by molar-refractivity contribution is 14.1. The van der Waals surface area contributed by atoms with Crippen molar-refractivity contribution in [1.29, 1.82) is 0 Å². The largest absolute Gasteiger partial charge is 0.389 e. The number of hydrogen-bond acceptors (Lipinski definition) is 22. The van der Waals surface area contributed by atoms with Crippen LogP contribution in [-0.2, 0) is 14.4 Å². The molecule has 30 nitrogen and oxygen atoms in total. The Bertz CT molecular complexity index is 3490. The first-order chi connectivity index (χ1) is 39.9. The summed E-state index contributed by atoms with van der Waals surface area (Å²) in [6.45, 7) is 1.83. The van der Waals surface area contributed by atoms with Crippen LogP contribution in [0.5, 0.6) is 0 Å². The van der Waals surface area contributed by atoms with Crippen molar-refractivity contribution in [2.75, 3.05) is 37.1 Å². The molecular formula is C52H66IN21O9. The number of imidazole rings is 3. The van der Waals surface area contributed by atoms with Crippen molar-refractivity contribution in [2.45, 2.75) is 157 Å². The number of amides is 3. The molecule has 0 spiro atoms. The Balaban J connectivity index is 0.000000117. The van der Waals surface area contributed by atoms with Gasteiger partial charge in [-0.05, 0) is 94.6 Å². The van der Waals surface area contributed by atoms with Crippen LogP contribution < -0.4 is 31.9 Å². The fourth-order valence-electron chi connectivity index (χ4n) is 14.5. The molecule has 15 rings (SSSR count). The summed E-state index contributed by atoms with van der Waals surface area (Å²) < 4.78 is 5.87. The van der Waals surface area contributed by atoms with E-state index in [0.717, 1.165) is 44.9 Å². The standard InChI is InChI=1S/C18H24N6O3.C17H21IN6O3.C17H21N9O3/c1-8-21-15(23-9-4-3-5-9)11-16(22-8)24(7-20-11)12-10-6-18(10,17(27)19-2)14(26)13(12)25;1-19-15(27)17-5-8(17)10(11(25)12(17)26)24-6-20-9-13(21-7-3-2-4-7)22-16(18)23-14(9)24;1-19-15(29)17-5-8(17)10(11(27)12(17)28)26-6-20-9-13(21-7-3-2-4-7)22-16(24-25-18)23-14(9)26/h7,9-10,12-14,25-26H,3-6H2,1-2H3,(H,19,27)(H,21,22,23);6-8,10-12,25-26H,2-5H2,1H3,(H,19,27)(H,21,22,23);6-8,10-12,27-28H,2-5H2,1H3,(H,19,29)(H,21,22,23)/t10-,12-,13-,14?,18+;2*8-,10-,11-,12?,17+/m111/s1. The first-order valence-electron chi connectivity index (χ1n) is 28.4. The van der Waals surface area contributed by atoms with Crippen LogP contribution in [0.4, 0.5) is 23.4 Å². The zero-order valence-corrected chi connectivity index (χ0v) is 48.0. The third-order valence-electron chi connectivity index (χ3n) is 19.7. The van der Waals surface area contributed by atoms with E-state index >= 15 is 0 Å². The van der Waals surface area contributed by atoms with Crippen LogP contribution in [0.25, 0.3) is 43.9 Å². The summed E-state index contributed by atoms with van der Waals surface area (Å²) >= 11 is 2.07. The lowest BCUT2D eigenvalue weighted by atomic mass is 9.93. The molecule has 12 N–H and O–H groups in total. The van der Waals surface area contributed by atoms with Gasteiger partial charge in [0.15, 0.2) is 43.7 Å². The highest BCUT2D eigenvalue weighted by Crippen LogP contribution is 2.70. The maximum absolute atomic E-state index is 12.4. The van der Waals surface area contributed by atoms with E-state index in [2.05, 4.69) is 109 Å². The molecule has 0 bridgehead atoms. The average molecular weight is 1260 g/mol. The molecule has 9 fully saturated rings. The van der Waals surface area contributed by atoms with E-state index in [1.807, 2.05) is 11.5 Å². The van der Waals surface area contributed by atoms with Crippen molar-refractivity contribution in [3.63, 3.8) is 0 Å². The molecule has 9 aliphatic rings. The minimum absolute atomic E-state index is 0.0510. The van der Waals surface area contributed by atoms with Gasteiger partial charge < -0.3 is 76.2 Å². The Labute approximate surface area is 486 Å². The predicted molar refractivity (Wildman–Crippen MR) is 303 cm³/mol. The fraction of sp³-hybridized carbons (Fsp3) is 0.654. The third-order valence-corrected chi connectivity index (χ3v) is 20.2. The summed E-state index contributed by atoms with van der Waals surface area (Å²) in [7, 11) is 4.63. The molecule has 3 amide bonds. The Morgan fingerprint density at radius 2 is 0.904 bits per heavy atom. The van der Waals surface area contributed by atoms with Crippen LogP contribution in [0, 0.1) is 44.8 Å². The summed E-state index contributed by atoms with van der Waals surface area (Å²) in [6.07, 6.45) is 9.85. The molecule has 0 radical (unpaired) electrons. The van der Waals surface area contributed by atoms with Crippen LogP contribution in [0.3, 0.4) is 0 Å². The van der Waals surface area contributed by atoms with E-state index in [-0.39, 0.29) is 47.5 Å². The third kappa shape index (κ3) is 8.48. The van der Waals surface area contributed by atoms with Gasteiger partial charge in [-0.1, -0.05) is 0 Å². The number of fused-ring (bicyclic) bond motifs is 6. The van der Waals surface area contributed by atoms with Crippen molar-refractivity contribution < 1.29 is 45.0 Å². The molecule has 6 aromatic rings. The number of nitrogens with one attached hydrogen (secondary N) is 6. The molecule has 6 heterocycles. The highest BCUT2D eigenvalue weighted by Gasteiger charge is 2.77. The van der Waals surface area contributed by atoms with Gasteiger partial charge >= 0.3 is 0 Å². The van der Waals surface area contributed by atoms with Crippen LogP contribution in [-0.4, -0.2) is 183 Å². The SMILES string of the molecule is CNC(=O)[C@@]12C[C@@H]1[C@@H](n1cnc3c(NC4CCC4)nc(C)nc31)[C@@H](O)C2O.CNC(=O)[C@@]12C[C@@H]1[C@@H](n1cnc3c(NC4CCC4)nc(I)nc31)[C@@H](O)C2O.CNC(=O)[C@@]12C[C@@H]1[C@@H](n1cnc3c(NC4CCC4)nc(N=[N+]=[N-])nc31)[C@@H](O)C2O. The Morgan fingerprint density at radius 1 is 0.554 bits per heavy atom. The molecule has 440 valence electrons. The molecule has 0 aromatic carbocycles. The van der Waals surface area contributed by atoms with Crippen molar-refractivity contribution in [3.8, 4) is 0 Å². The van der Waals surface area contributed by atoms with Gasteiger partial charge in [0.05, 0.1) is 71.7 Å². The fourth-order valence-corrected chi connectivity index (χ4v) is 14.9. The summed E-state index contributed by atoms with van der Waals surface area (Å²) in [5, 5.41) is 85.4. The van der Waals surface area contributed by atoms with Crippen LogP contribution in [0.2, 0.25) is 0 Å². The van der Waals surface area contributed by atoms with Gasteiger partial charge in [-0.25, -0.2) is 44.9 Å². The van der Waals surface area contributed by atoms with Crippen LogP contribution in [0.15, 0.2) is 24.1 Å². The lowest BCUT2D eigenvalue weighted by Crippen LogP contribution is -2.41. The number of carbonyl (C=O) groups is 3. The summed E-state index contributed by atoms with van der Waals surface area (Å²) in [4.78, 5) is 79.9. The topological polar surface area (TPSA) is 424 Å². The molecular weight excluding hydrogens is 1190 g/mol. The summed E-state index contributed by atoms with van der Waals surface area (Å²) in [5.74, 6) is 1.21. The van der Waals surface area contributed by atoms with E-state index < -0.39 is 71.0 Å². The molecule has 9 saturated carbocycles. The molecule has 3 unspecified atom stereocenters. The van der Waals surface area contributed by atoms with Gasteiger partial charge in [-0.15, -0.1) is 0 Å². The number of carbonyl (C=O) groups excluding carboxylic acids is 3. The minimum Gasteiger partial charge on any atom is -0.389 e. The molecule has 0 saturated heterocycles. The average Bonchev–Trinajstić information content (AvgIpc) is 1.56. The molecule has 9 aliphatic carbocycles. The van der Waals surface area contributed by atoms with Crippen LogP contribution >= 0.6 is 22.6 Å². The van der Waals surface area contributed by atoms with Crippen molar-refractivity contribution in [1.82, 2.24) is 74.5 Å². The lowest BCUT2D eigenvalue weighted by molar-refractivity contribution is -0.132. The van der Waals surface area contributed by atoms with E-state index in [4.69, 9.17) is 5.53 Å². The quantitative estimate of drug-likeness (QED) is 0.0255. The maximum Gasteiger partial charge on any atom is 0.229 e. The zero-order valence-electron chi connectivity index (χ0n) is 45.9. The molecule has 6 aromatic heterocycles. The van der Waals surface area contributed by atoms with E-state index in [1.54, 1.807) is 35.9 Å². The zero-order chi connectivity index (χ0) is 58.2. The number of azide groups is 1. The molecule has 31 heteroatoms. The van der Waals surface area contributed by atoms with E-state index in [1.165, 1.54) is 26.2 Å². The molecule has 0 aliphatic heterocycles. The monoisotopic (exact) mass is 1260 g/mol. The minimum atomic E-state index is -1.18. The predicted octanol–water partition coefficient (Wildman–Crippen LogP) is 1.31. The number of nitrogens with zero attached hydrogens (tertiary/aromatic N) is 15. The number of aryl methyl sites for hydroxylation is 1. The molecule has 15 atom stereocenters. The first-order valence-corrected chi connectivity index (χ1v) is 29.5. The maximum atomic E-state index is 12.4. The second kappa shape index (κ2) is 20.5. The Hall–Kier alpha value is -6.74. The smallest absolute Gasteiger partial charge is 0.229 e. The Kier molecular flexibility index (Phi) is 13.7. The van der Waals surface area contributed by atoms with Crippen LogP contribution in [0.1, 0.15) is 101 Å². The van der Waals surface area contributed by atoms with Crippen molar-refractivity contribution in [2.24, 2.45) is 39.1 Å². The van der Waals surface area contributed by atoms with Gasteiger partial charge in [0.2, 0.25) is 23.7 Å². The number of rotatable bonds is 13. The van der Waals surface area contributed by atoms with Gasteiger partial charge in [0.25, 0.3) is 0 Å². The summed E-state index contributed by atoms with van der Waals surface area (Å²) in [5.41, 5.74) is 9.44. The normalized spacial score (nSPS) is 34.3. The van der Waals surface area contributed by atoms with Gasteiger partial charge in [0, 0.05) is 84.5 Å². The van der Waals surface area contributed by atoms with E-state index in [0.29, 0.717) is 91.9 Å². The van der Waals surface area contributed by atoms with Crippen molar-refractivity contribution >= 4 is 97.2 Å². The highest BCUT2D eigenvalue weighted by atomic mass is 127. The van der Waals surface area contributed by atoms with Gasteiger partial charge in [-0.2, -0.15) is 0 Å². The number of halogens is 1. The van der Waals surface area contributed by atoms with Gasteiger partial charge in [0.1, 0.15) is 35.2 Å². The molecule has 83 heavy (non-hydrogen) atoms. The first kappa shape index (κ1) is 55.4. The number of anilines is 3. The lowest BCUT2D eigenvalue weighted by Gasteiger charge is -2.27. The second-order valence-electron chi connectivity index (χ2n) is 23.9. The number of aliphatic hydroxyl groups is 6. The Morgan fingerprint density at radius 3 is 1.25 bits per heavy atom. The number of hydrogen-bond donors (Lipinski definition) is 12. The van der Waals surface area contributed by atoms with Crippen molar-refractivity contribution in [3.05, 3.63) is 39.1 Å². The summed E-state index contributed by atoms with van der Waals surface area (Å²) in [6, 6.07) is -0.348. The number of aromatic nitrogens is 12. The van der Waals surface area contributed by atoms with Gasteiger partial charge in [-0.3, -0.25) is 14.4 Å².